The van der Waals surface area contributed by atoms with Crippen LogP contribution in [0.2, 0.25) is 0 Å². The van der Waals surface area contributed by atoms with Crippen LogP contribution in [-0.2, 0) is 0 Å². The van der Waals surface area contributed by atoms with Crippen LogP contribution in [-0.4, -0.2) is 32.8 Å². The van der Waals surface area contributed by atoms with E-state index < -0.39 is 0 Å². The maximum Gasteiger partial charge on any atom is 0.319 e. The molecule has 0 aliphatic carbocycles. The Morgan fingerprint density at radius 3 is 2.53 bits per heavy atom. The van der Waals surface area contributed by atoms with Gasteiger partial charge in [0.2, 0.25) is 0 Å². The van der Waals surface area contributed by atoms with E-state index in [0.29, 0.717) is 6.54 Å². The first-order valence-corrected chi connectivity index (χ1v) is 5.66. The van der Waals surface area contributed by atoms with E-state index in [1.165, 1.54) is 0 Å². The molecular weight excluding hydrogens is 218 g/mol. The Kier molecular flexibility index (Phi) is 5.88. The molecule has 1 rings (SSSR count). The van der Waals surface area contributed by atoms with Crippen LogP contribution < -0.4 is 20.7 Å². The van der Waals surface area contributed by atoms with E-state index in [0.717, 1.165) is 24.5 Å². The quantitative estimate of drug-likeness (QED) is 0.656. The second-order valence-electron chi connectivity index (χ2n) is 3.46. The maximum atomic E-state index is 11.4. The third-order valence-corrected chi connectivity index (χ3v) is 2.19. The number of ether oxygens (including phenoxy) is 1. The lowest BCUT2D eigenvalue weighted by molar-refractivity contribution is 0.252. The van der Waals surface area contributed by atoms with Crippen molar-refractivity contribution in [1.29, 1.82) is 0 Å². The zero-order valence-electron chi connectivity index (χ0n) is 10.2. The fourth-order valence-corrected chi connectivity index (χ4v) is 1.29. The van der Waals surface area contributed by atoms with E-state index in [1.807, 2.05) is 6.92 Å². The molecule has 17 heavy (non-hydrogen) atoms. The van der Waals surface area contributed by atoms with Gasteiger partial charge in [-0.3, -0.25) is 0 Å². The van der Waals surface area contributed by atoms with E-state index >= 15 is 0 Å². The fourth-order valence-electron chi connectivity index (χ4n) is 1.29. The number of carbonyl (C=O) groups excluding carboxylic acids is 1. The van der Waals surface area contributed by atoms with E-state index in [2.05, 4.69) is 16.0 Å². The van der Waals surface area contributed by atoms with Gasteiger partial charge in [-0.2, -0.15) is 0 Å². The molecule has 5 heteroatoms. The Morgan fingerprint density at radius 1 is 1.24 bits per heavy atom. The third-order valence-electron chi connectivity index (χ3n) is 2.19. The summed E-state index contributed by atoms with van der Waals surface area (Å²) in [5.74, 6) is 0.767. The van der Waals surface area contributed by atoms with Gasteiger partial charge in [0.1, 0.15) is 5.75 Å². The highest BCUT2D eigenvalue weighted by molar-refractivity contribution is 5.89. The van der Waals surface area contributed by atoms with Crippen LogP contribution >= 0.6 is 0 Å². The van der Waals surface area contributed by atoms with Crippen LogP contribution in [0.3, 0.4) is 0 Å². The Hall–Kier alpha value is -1.75. The van der Waals surface area contributed by atoms with Crippen molar-refractivity contribution >= 4 is 11.7 Å². The number of hydrogen-bond donors (Lipinski definition) is 3. The number of urea groups is 1. The van der Waals surface area contributed by atoms with Crippen LogP contribution in [0, 0.1) is 0 Å². The normalized spacial score (nSPS) is 9.76. The summed E-state index contributed by atoms with van der Waals surface area (Å²) in [6.07, 6.45) is 0. The van der Waals surface area contributed by atoms with Gasteiger partial charge >= 0.3 is 6.03 Å². The minimum atomic E-state index is -0.201. The molecule has 0 heterocycles. The fraction of sp³-hybridized carbons (Fsp3) is 0.417. The third kappa shape index (κ3) is 5.21. The highest BCUT2D eigenvalue weighted by Crippen LogP contribution is 2.14. The monoisotopic (exact) mass is 237 g/mol. The van der Waals surface area contributed by atoms with Crippen molar-refractivity contribution in [3.63, 3.8) is 0 Å². The standard InChI is InChI=1S/C12H19N3O2/c1-3-13-8-9-14-12(16)15-10-4-6-11(17-2)7-5-10/h4-7,13H,3,8-9H2,1-2H3,(H2,14,15,16). The molecular formula is C12H19N3O2. The summed E-state index contributed by atoms with van der Waals surface area (Å²) in [5.41, 5.74) is 0.742. The maximum absolute atomic E-state index is 11.4. The molecule has 2 amide bonds. The molecule has 94 valence electrons. The number of nitrogens with one attached hydrogen (secondary N) is 3. The van der Waals surface area contributed by atoms with E-state index in [1.54, 1.807) is 31.4 Å². The zero-order chi connectivity index (χ0) is 12.5. The molecule has 0 atom stereocenters. The zero-order valence-corrected chi connectivity index (χ0v) is 10.2. The SMILES string of the molecule is CCNCCNC(=O)Nc1ccc(OC)cc1. The van der Waals surface area contributed by atoms with Gasteiger partial charge in [-0.15, -0.1) is 0 Å². The minimum absolute atomic E-state index is 0.201. The first-order valence-electron chi connectivity index (χ1n) is 5.66. The van der Waals surface area contributed by atoms with E-state index in [-0.39, 0.29) is 6.03 Å². The molecule has 0 spiro atoms. The molecule has 0 bridgehead atoms. The van der Waals surface area contributed by atoms with Crippen molar-refractivity contribution in [2.45, 2.75) is 6.92 Å². The summed E-state index contributed by atoms with van der Waals surface area (Å²) < 4.78 is 5.03. The van der Waals surface area contributed by atoms with Crippen molar-refractivity contribution in [3.05, 3.63) is 24.3 Å². The molecule has 1 aromatic rings. The van der Waals surface area contributed by atoms with Crippen LogP contribution in [0.25, 0.3) is 0 Å². The lowest BCUT2D eigenvalue weighted by Crippen LogP contribution is -2.34. The van der Waals surface area contributed by atoms with Gasteiger partial charge in [-0.25, -0.2) is 4.79 Å². The Bertz CT molecular complexity index is 338. The number of carbonyl (C=O) groups is 1. The Morgan fingerprint density at radius 2 is 1.94 bits per heavy atom. The van der Waals surface area contributed by atoms with Crippen LogP contribution in [0.4, 0.5) is 10.5 Å². The second kappa shape index (κ2) is 7.51. The first-order chi connectivity index (χ1) is 8.26. The molecule has 1 aromatic carbocycles. The first kappa shape index (κ1) is 13.3. The predicted molar refractivity (Wildman–Crippen MR) is 68.6 cm³/mol. The smallest absolute Gasteiger partial charge is 0.319 e. The number of benzene rings is 1. The van der Waals surface area contributed by atoms with Crippen molar-refractivity contribution < 1.29 is 9.53 Å². The lowest BCUT2D eigenvalue weighted by Gasteiger charge is -2.08. The Balaban J connectivity index is 2.29. The largest absolute Gasteiger partial charge is 0.497 e. The molecule has 5 nitrogen and oxygen atoms in total. The van der Waals surface area contributed by atoms with Crippen LogP contribution in [0.1, 0.15) is 6.92 Å². The van der Waals surface area contributed by atoms with Crippen molar-refractivity contribution in [2.75, 3.05) is 32.1 Å². The molecule has 0 aromatic heterocycles. The molecule has 3 N–H and O–H groups in total. The van der Waals surface area contributed by atoms with E-state index in [4.69, 9.17) is 4.74 Å². The van der Waals surface area contributed by atoms with Gasteiger partial charge in [-0.05, 0) is 30.8 Å². The molecule has 0 fully saturated rings. The molecule has 0 aliphatic rings. The summed E-state index contributed by atoms with van der Waals surface area (Å²) in [6.45, 7) is 4.31. The predicted octanol–water partition coefficient (Wildman–Crippen LogP) is 1.43. The van der Waals surface area contributed by atoms with Gasteiger partial charge < -0.3 is 20.7 Å². The van der Waals surface area contributed by atoms with Gasteiger partial charge in [-0.1, -0.05) is 6.92 Å². The van der Waals surface area contributed by atoms with Gasteiger partial charge in [0.25, 0.3) is 0 Å². The lowest BCUT2D eigenvalue weighted by atomic mass is 10.3. The number of rotatable bonds is 6. The van der Waals surface area contributed by atoms with Gasteiger partial charge in [0, 0.05) is 18.8 Å². The van der Waals surface area contributed by atoms with Gasteiger partial charge in [0.15, 0.2) is 0 Å². The molecule has 0 saturated carbocycles. The molecule has 0 saturated heterocycles. The average molecular weight is 237 g/mol. The number of amides is 2. The number of likely N-dealkylation sites (N-methyl/N-ethyl adjacent to an activating group) is 1. The molecule has 0 aliphatic heterocycles. The molecule has 0 unspecified atom stereocenters. The highest BCUT2D eigenvalue weighted by Gasteiger charge is 2.00. The van der Waals surface area contributed by atoms with Gasteiger partial charge in [0.05, 0.1) is 7.11 Å². The topological polar surface area (TPSA) is 62.4 Å². The number of methoxy groups -OCH3 is 1. The number of hydrogen-bond acceptors (Lipinski definition) is 3. The summed E-state index contributed by atoms with van der Waals surface area (Å²) in [4.78, 5) is 11.4. The van der Waals surface area contributed by atoms with Crippen LogP contribution in [0.5, 0.6) is 5.75 Å². The van der Waals surface area contributed by atoms with Crippen LogP contribution in [0.15, 0.2) is 24.3 Å². The summed E-state index contributed by atoms with van der Waals surface area (Å²) in [6, 6.07) is 6.99. The molecule has 0 radical (unpaired) electrons. The Labute approximate surface area is 102 Å². The number of anilines is 1. The van der Waals surface area contributed by atoms with Crippen molar-refractivity contribution in [2.24, 2.45) is 0 Å². The van der Waals surface area contributed by atoms with Crippen molar-refractivity contribution in [3.8, 4) is 5.75 Å². The van der Waals surface area contributed by atoms with Crippen molar-refractivity contribution in [1.82, 2.24) is 10.6 Å². The highest BCUT2D eigenvalue weighted by atomic mass is 16.5. The second-order valence-corrected chi connectivity index (χ2v) is 3.46. The summed E-state index contributed by atoms with van der Waals surface area (Å²) in [7, 11) is 1.61. The average Bonchev–Trinajstić information content (AvgIpc) is 2.36. The minimum Gasteiger partial charge on any atom is -0.497 e. The summed E-state index contributed by atoms with van der Waals surface area (Å²) in [5, 5.41) is 8.61. The summed E-state index contributed by atoms with van der Waals surface area (Å²) >= 11 is 0. The van der Waals surface area contributed by atoms with E-state index in [9.17, 15) is 4.79 Å².